The Kier molecular flexibility index (Phi) is 5.09. The van der Waals surface area contributed by atoms with Crippen molar-refractivity contribution in [1.82, 2.24) is 0 Å². The molecule has 0 atom stereocenters. The second-order valence-electron chi connectivity index (χ2n) is 5.77. The van der Waals surface area contributed by atoms with Crippen molar-refractivity contribution in [3.63, 3.8) is 0 Å². The van der Waals surface area contributed by atoms with Crippen LogP contribution in [0.15, 0.2) is 55.1 Å². The first-order valence-corrected chi connectivity index (χ1v) is 7.99. The van der Waals surface area contributed by atoms with Gasteiger partial charge in [-0.05, 0) is 48.1 Å². The molecule has 3 aromatic rings. The molecule has 0 saturated carbocycles. The predicted molar refractivity (Wildman–Crippen MR) is 94.7 cm³/mol. The molecule has 4 heteroatoms. The van der Waals surface area contributed by atoms with Crippen LogP contribution in [0.1, 0.15) is 23.1 Å². The molecule has 0 aliphatic heterocycles. The molecule has 0 N–H and O–H groups in total. The molecule has 3 aromatic carbocycles. The Bertz CT molecular complexity index is 1060. The fourth-order valence-electron chi connectivity index (χ4n) is 2.62. The standard InChI is InChI=1S/C22H14F4/c1-2-3-4-15-8-9-16(21(25)20(15)24)7-5-14-6-11-18-17(13-14)10-12-19(23)22(18)26/h2,6,8-13H,1,3-4H2. The second kappa shape index (κ2) is 7.45. The van der Waals surface area contributed by atoms with Crippen LogP contribution in [0, 0.1) is 35.1 Å². The summed E-state index contributed by atoms with van der Waals surface area (Å²) >= 11 is 0. The maximum absolute atomic E-state index is 14.1. The number of allylic oxidation sites excluding steroid dienone is 1. The van der Waals surface area contributed by atoms with E-state index in [1.807, 2.05) is 0 Å². The number of rotatable bonds is 3. The van der Waals surface area contributed by atoms with E-state index in [0.717, 1.165) is 6.07 Å². The smallest absolute Gasteiger partial charge is 0.174 e. The largest absolute Gasteiger partial charge is 0.204 e. The van der Waals surface area contributed by atoms with Crippen molar-refractivity contribution >= 4 is 10.8 Å². The lowest BCUT2D eigenvalue weighted by Gasteiger charge is -2.04. The van der Waals surface area contributed by atoms with Crippen LogP contribution in [0.2, 0.25) is 0 Å². The monoisotopic (exact) mass is 354 g/mol. The molecule has 0 saturated heterocycles. The van der Waals surface area contributed by atoms with Gasteiger partial charge >= 0.3 is 0 Å². The van der Waals surface area contributed by atoms with Gasteiger partial charge in [0, 0.05) is 10.9 Å². The Morgan fingerprint density at radius 2 is 1.65 bits per heavy atom. The van der Waals surface area contributed by atoms with Crippen LogP contribution in [0.4, 0.5) is 17.6 Å². The number of hydrogen-bond acceptors (Lipinski definition) is 0. The average Bonchev–Trinajstić information content (AvgIpc) is 2.65. The highest BCUT2D eigenvalue weighted by molar-refractivity contribution is 5.84. The van der Waals surface area contributed by atoms with Gasteiger partial charge in [-0.2, -0.15) is 0 Å². The quantitative estimate of drug-likeness (QED) is 0.311. The minimum atomic E-state index is -0.993. The van der Waals surface area contributed by atoms with E-state index in [1.54, 1.807) is 12.1 Å². The summed E-state index contributed by atoms with van der Waals surface area (Å²) in [7, 11) is 0. The Labute approximate surface area is 148 Å². The summed E-state index contributed by atoms with van der Waals surface area (Å²) in [4.78, 5) is 0. The van der Waals surface area contributed by atoms with Gasteiger partial charge in [-0.3, -0.25) is 0 Å². The number of halogens is 4. The van der Waals surface area contributed by atoms with E-state index in [4.69, 9.17) is 0 Å². The molecular formula is C22H14F4. The Morgan fingerprint density at radius 3 is 2.42 bits per heavy atom. The summed E-state index contributed by atoms with van der Waals surface area (Å²) < 4.78 is 55.1. The average molecular weight is 354 g/mol. The van der Waals surface area contributed by atoms with Crippen LogP contribution in [0.3, 0.4) is 0 Å². The van der Waals surface area contributed by atoms with Gasteiger partial charge in [-0.15, -0.1) is 6.58 Å². The molecule has 130 valence electrons. The van der Waals surface area contributed by atoms with E-state index in [0.29, 0.717) is 23.8 Å². The molecule has 0 unspecified atom stereocenters. The normalized spacial score (nSPS) is 10.5. The first-order chi connectivity index (χ1) is 12.5. The van der Waals surface area contributed by atoms with Gasteiger partial charge in [0.05, 0.1) is 5.56 Å². The van der Waals surface area contributed by atoms with E-state index in [1.165, 1.54) is 30.3 Å². The maximum Gasteiger partial charge on any atom is 0.174 e. The third-order valence-corrected chi connectivity index (χ3v) is 4.03. The van der Waals surface area contributed by atoms with E-state index in [-0.39, 0.29) is 16.5 Å². The molecule has 0 bridgehead atoms. The van der Waals surface area contributed by atoms with Crippen LogP contribution in [-0.4, -0.2) is 0 Å². The number of aryl methyl sites for hydroxylation is 1. The first-order valence-electron chi connectivity index (χ1n) is 7.99. The highest BCUT2D eigenvalue weighted by atomic mass is 19.2. The van der Waals surface area contributed by atoms with Crippen molar-refractivity contribution in [1.29, 1.82) is 0 Å². The molecule has 0 nitrogen and oxygen atoms in total. The molecule has 0 aromatic heterocycles. The van der Waals surface area contributed by atoms with Gasteiger partial charge in [0.15, 0.2) is 23.3 Å². The fraction of sp³-hybridized carbons (Fsp3) is 0.0909. The van der Waals surface area contributed by atoms with Gasteiger partial charge in [-0.1, -0.05) is 36.1 Å². The lowest BCUT2D eigenvalue weighted by atomic mass is 10.0. The first kappa shape index (κ1) is 17.8. The predicted octanol–water partition coefficient (Wildman–Crippen LogP) is 5.91. The number of fused-ring (bicyclic) bond motifs is 1. The molecule has 0 fully saturated rings. The SMILES string of the molecule is C=CCCc1ccc(C#Cc2ccc3c(F)c(F)ccc3c2)c(F)c1F. The highest BCUT2D eigenvalue weighted by Gasteiger charge is 2.11. The van der Waals surface area contributed by atoms with Crippen LogP contribution in [-0.2, 0) is 6.42 Å². The van der Waals surface area contributed by atoms with Crippen molar-refractivity contribution in [2.75, 3.05) is 0 Å². The fourth-order valence-corrected chi connectivity index (χ4v) is 2.62. The zero-order chi connectivity index (χ0) is 18.7. The van der Waals surface area contributed by atoms with E-state index >= 15 is 0 Å². The third kappa shape index (κ3) is 3.48. The molecule has 0 aliphatic rings. The Morgan fingerprint density at radius 1 is 0.846 bits per heavy atom. The van der Waals surface area contributed by atoms with Crippen molar-refractivity contribution in [2.45, 2.75) is 12.8 Å². The van der Waals surface area contributed by atoms with Crippen molar-refractivity contribution in [3.05, 3.63) is 95.1 Å². The van der Waals surface area contributed by atoms with Crippen molar-refractivity contribution in [3.8, 4) is 11.8 Å². The molecule has 0 heterocycles. The van der Waals surface area contributed by atoms with Gasteiger partial charge in [0.25, 0.3) is 0 Å². The summed E-state index contributed by atoms with van der Waals surface area (Å²) in [6, 6.07) is 9.89. The summed E-state index contributed by atoms with van der Waals surface area (Å²) in [5.41, 5.74) is 0.699. The van der Waals surface area contributed by atoms with E-state index < -0.39 is 23.3 Å². The van der Waals surface area contributed by atoms with E-state index in [2.05, 4.69) is 18.4 Å². The Balaban J connectivity index is 1.94. The van der Waals surface area contributed by atoms with Crippen LogP contribution in [0.25, 0.3) is 10.8 Å². The number of hydrogen-bond donors (Lipinski definition) is 0. The molecule has 0 spiro atoms. The molecule has 0 radical (unpaired) electrons. The van der Waals surface area contributed by atoms with Crippen LogP contribution in [0.5, 0.6) is 0 Å². The van der Waals surface area contributed by atoms with Gasteiger partial charge in [-0.25, -0.2) is 17.6 Å². The minimum absolute atomic E-state index is 0.0600. The van der Waals surface area contributed by atoms with Crippen LogP contribution < -0.4 is 0 Å². The topological polar surface area (TPSA) is 0 Å². The molecule has 26 heavy (non-hydrogen) atoms. The summed E-state index contributed by atoms with van der Waals surface area (Å²) in [5.74, 6) is 1.57. The van der Waals surface area contributed by atoms with E-state index in [9.17, 15) is 17.6 Å². The zero-order valence-corrected chi connectivity index (χ0v) is 13.8. The second-order valence-corrected chi connectivity index (χ2v) is 5.77. The van der Waals surface area contributed by atoms with Crippen LogP contribution >= 0.6 is 0 Å². The van der Waals surface area contributed by atoms with Gasteiger partial charge in [0.1, 0.15) is 0 Å². The third-order valence-electron chi connectivity index (χ3n) is 4.03. The molecule has 3 rings (SSSR count). The van der Waals surface area contributed by atoms with Crippen molar-refractivity contribution in [2.24, 2.45) is 0 Å². The highest BCUT2D eigenvalue weighted by Crippen LogP contribution is 2.22. The summed E-state index contributed by atoms with van der Waals surface area (Å²) in [6.45, 7) is 3.56. The Hall–Kier alpha value is -3.06. The lowest BCUT2D eigenvalue weighted by Crippen LogP contribution is -1.97. The van der Waals surface area contributed by atoms with Crippen molar-refractivity contribution < 1.29 is 17.6 Å². The number of benzene rings is 3. The zero-order valence-electron chi connectivity index (χ0n) is 13.8. The molecule has 0 aliphatic carbocycles. The summed E-state index contributed by atoms with van der Waals surface area (Å²) in [5, 5.41) is 0.612. The van der Waals surface area contributed by atoms with Gasteiger partial charge < -0.3 is 0 Å². The maximum atomic E-state index is 14.1. The lowest BCUT2D eigenvalue weighted by molar-refractivity contribution is 0.497. The molecule has 0 amide bonds. The summed E-state index contributed by atoms with van der Waals surface area (Å²) in [6.07, 6.45) is 2.56. The van der Waals surface area contributed by atoms with Gasteiger partial charge in [0.2, 0.25) is 0 Å². The minimum Gasteiger partial charge on any atom is -0.204 e. The molecular weight excluding hydrogens is 340 g/mol.